The molecule has 0 aliphatic carbocycles. The van der Waals surface area contributed by atoms with Gasteiger partial charge < -0.3 is 15.3 Å². The number of benzene rings is 1. The van der Waals surface area contributed by atoms with Crippen molar-refractivity contribution in [2.24, 2.45) is 0 Å². The van der Waals surface area contributed by atoms with Crippen LogP contribution in [0.5, 0.6) is 0 Å². The van der Waals surface area contributed by atoms with Crippen molar-refractivity contribution in [2.75, 3.05) is 31.1 Å². The number of para-hydroxylation sites is 1. The first-order chi connectivity index (χ1) is 9.68. The Morgan fingerprint density at radius 2 is 2.15 bits per heavy atom. The maximum absolute atomic E-state index is 9.59. The first kappa shape index (κ1) is 15.3. The summed E-state index contributed by atoms with van der Waals surface area (Å²) in [7, 11) is 0. The molecule has 3 heteroatoms. The number of nitrogens with zero attached hydrogens (tertiary/aromatic N) is 1. The highest BCUT2D eigenvalue weighted by molar-refractivity contribution is 5.57. The second-order valence-electron chi connectivity index (χ2n) is 6.11. The molecule has 1 heterocycles. The molecule has 0 spiro atoms. The molecule has 112 valence electrons. The normalized spacial score (nSPS) is 17.1. The quantitative estimate of drug-likeness (QED) is 0.766. The Kier molecular flexibility index (Phi) is 5.44. The van der Waals surface area contributed by atoms with Crippen molar-refractivity contribution in [1.82, 2.24) is 5.32 Å². The van der Waals surface area contributed by atoms with E-state index in [4.69, 9.17) is 0 Å². The molecule has 2 rings (SSSR count). The number of anilines is 1. The number of rotatable bonds is 8. The van der Waals surface area contributed by atoms with E-state index in [1.807, 2.05) is 0 Å². The minimum absolute atomic E-state index is 0.130. The third kappa shape index (κ3) is 3.74. The van der Waals surface area contributed by atoms with E-state index < -0.39 is 0 Å². The Morgan fingerprint density at radius 3 is 2.90 bits per heavy atom. The lowest BCUT2D eigenvalue weighted by Crippen LogP contribution is -2.46. The van der Waals surface area contributed by atoms with Crippen LogP contribution in [0.1, 0.15) is 38.7 Å². The summed E-state index contributed by atoms with van der Waals surface area (Å²) in [6.07, 6.45) is 4.40. The van der Waals surface area contributed by atoms with Crippen molar-refractivity contribution < 1.29 is 5.11 Å². The van der Waals surface area contributed by atoms with Gasteiger partial charge in [0, 0.05) is 24.3 Å². The Bertz CT molecular complexity index is 421. The van der Waals surface area contributed by atoms with Gasteiger partial charge in [0.1, 0.15) is 0 Å². The van der Waals surface area contributed by atoms with Gasteiger partial charge >= 0.3 is 0 Å². The van der Waals surface area contributed by atoms with Gasteiger partial charge in [-0.05, 0) is 50.8 Å². The summed E-state index contributed by atoms with van der Waals surface area (Å²) in [5, 5.41) is 13.1. The van der Waals surface area contributed by atoms with Crippen LogP contribution in [0.25, 0.3) is 0 Å². The summed E-state index contributed by atoms with van der Waals surface area (Å²) in [5.41, 5.74) is 2.75. The van der Waals surface area contributed by atoms with E-state index in [0.29, 0.717) is 0 Å². The zero-order chi connectivity index (χ0) is 14.4. The van der Waals surface area contributed by atoms with Crippen LogP contribution in [0.3, 0.4) is 0 Å². The van der Waals surface area contributed by atoms with Crippen LogP contribution in [0, 0.1) is 0 Å². The highest BCUT2D eigenvalue weighted by Gasteiger charge is 2.23. The van der Waals surface area contributed by atoms with E-state index in [2.05, 4.69) is 48.3 Å². The predicted octanol–water partition coefficient (Wildman–Crippen LogP) is 2.58. The lowest BCUT2D eigenvalue weighted by atomic mass is 9.96. The highest BCUT2D eigenvalue weighted by Crippen LogP contribution is 2.27. The molecule has 0 fully saturated rings. The predicted molar refractivity (Wildman–Crippen MR) is 85.4 cm³/mol. The van der Waals surface area contributed by atoms with Crippen LogP contribution in [-0.4, -0.2) is 36.9 Å². The number of nitrogens with one attached hydrogen (secondary N) is 1. The molecule has 1 aromatic rings. The van der Waals surface area contributed by atoms with Gasteiger partial charge in [0.25, 0.3) is 0 Å². The Balaban J connectivity index is 1.81. The van der Waals surface area contributed by atoms with Gasteiger partial charge in [0.05, 0.1) is 6.61 Å². The fraction of sp³-hybridized carbons (Fsp3) is 0.647. The molecule has 0 aromatic heterocycles. The van der Waals surface area contributed by atoms with Crippen LogP contribution >= 0.6 is 0 Å². The Hall–Kier alpha value is -1.06. The fourth-order valence-electron chi connectivity index (χ4n) is 2.95. The SMILES string of the molecule is CCCNC(C)(CO)CCCN1CCc2ccccc21. The molecule has 0 radical (unpaired) electrons. The summed E-state index contributed by atoms with van der Waals surface area (Å²) < 4.78 is 0. The summed E-state index contributed by atoms with van der Waals surface area (Å²) in [5.74, 6) is 0. The molecule has 2 N–H and O–H groups in total. The van der Waals surface area contributed by atoms with Gasteiger partial charge in [-0.3, -0.25) is 0 Å². The van der Waals surface area contributed by atoms with E-state index in [1.54, 1.807) is 0 Å². The topological polar surface area (TPSA) is 35.5 Å². The number of aliphatic hydroxyl groups is 1. The van der Waals surface area contributed by atoms with Gasteiger partial charge in [0.2, 0.25) is 0 Å². The molecule has 0 bridgehead atoms. The van der Waals surface area contributed by atoms with E-state index in [1.165, 1.54) is 17.7 Å². The summed E-state index contributed by atoms with van der Waals surface area (Å²) in [6, 6.07) is 8.70. The lowest BCUT2D eigenvalue weighted by Gasteiger charge is -2.30. The van der Waals surface area contributed by atoms with Crippen LogP contribution < -0.4 is 10.2 Å². The molecule has 0 saturated heterocycles. The zero-order valence-electron chi connectivity index (χ0n) is 12.9. The fourth-order valence-corrected chi connectivity index (χ4v) is 2.95. The zero-order valence-corrected chi connectivity index (χ0v) is 12.9. The maximum Gasteiger partial charge on any atom is 0.0610 e. The van der Waals surface area contributed by atoms with Gasteiger partial charge in [-0.25, -0.2) is 0 Å². The number of fused-ring (bicyclic) bond motifs is 1. The monoisotopic (exact) mass is 276 g/mol. The lowest BCUT2D eigenvalue weighted by molar-refractivity contribution is 0.164. The second kappa shape index (κ2) is 7.09. The van der Waals surface area contributed by atoms with Crippen molar-refractivity contribution in [1.29, 1.82) is 0 Å². The molecule has 1 atom stereocenters. The van der Waals surface area contributed by atoms with Crippen LogP contribution in [0.4, 0.5) is 5.69 Å². The van der Waals surface area contributed by atoms with Gasteiger partial charge in [-0.1, -0.05) is 25.1 Å². The van der Waals surface area contributed by atoms with E-state index in [9.17, 15) is 5.11 Å². The third-order valence-electron chi connectivity index (χ3n) is 4.29. The van der Waals surface area contributed by atoms with Crippen molar-refractivity contribution in [3.63, 3.8) is 0 Å². The van der Waals surface area contributed by atoms with Crippen LogP contribution in [0.15, 0.2) is 24.3 Å². The first-order valence-corrected chi connectivity index (χ1v) is 7.87. The summed E-state index contributed by atoms with van der Waals surface area (Å²) in [4.78, 5) is 2.48. The minimum Gasteiger partial charge on any atom is -0.394 e. The standard InChI is InChI=1S/C17H28N2O/c1-3-11-18-17(2,14-20)10-6-12-19-13-9-15-7-4-5-8-16(15)19/h4-5,7-8,18,20H,3,6,9-14H2,1-2H3. The molecule has 0 saturated carbocycles. The third-order valence-corrected chi connectivity index (χ3v) is 4.29. The average Bonchev–Trinajstić information content (AvgIpc) is 2.89. The Labute approximate surface area is 123 Å². The van der Waals surface area contributed by atoms with Crippen LogP contribution in [-0.2, 0) is 6.42 Å². The van der Waals surface area contributed by atoms with Crippen LogP contribution in [0.2, 0.25) is 0 Å². The average molecular weight is 276 g/mol. The molecule has 3 nitrogen and oxygen atoms in total. The largest absolute Gasteiger partial charge is 0.394 e. The van der Waals surface area contributed by atoms with Crippen molar-refractivity contribution >= 4 is 5.69 Å². The number of aliphatic hydroxyl groups excluding tert-OH is 1. The molecular weight excluding hydrogens is 248 g/mol. The van der Waals surface area contributed by atoms with E-state index >= 15 is 0 Å². The number of hydrogen-bond donors (Lipinski definition) is 2. The Morgan fingerprint density at radius 1 is 1.35 bits per heavy atom. The summed E-state index contributed by atoms with van der Waals surface area (Å²) >= 11 is 0. The van der Waals surface area contributed by atoms with Gasteiger partial charge in [0.15, 0.2) is 0 Å². The molecule has 20 heavy (non-hydrogen) atoms. The maximum atomic E-state index is 9.59. The number of hydrogen-bond acceptors (Lipinski definition) is 3. The highest BCUT2D eigenvalue weighted by atomic mass is 16.3. The van der Waals surface area contributed by atoms with Crippen molar-refractivity contribution in [2.45, 2.75) is 45.1 Å². The first-order valence-electron chi connectivity index (χ1n) is 7.87. The molecular formula is C17H28N2O. The van der Waals surface area contributed by atoms with E-state index in [-0.39, 0.29) is 12.1 Å². The minimum atomic E-state index is -0.130. The molecule has 1 aromatic carbocycles. The molecule has 0 amide bonds. The van der Waals surface area contributed by atoms with Gasteiger partial charge in [-0.15, -0.1) is 0 Å². The summed E-state index contributed by atoms with van der Waals surface area (Å²) in [6.45, 7) is 7.69. The molecule has 1 aliphatic rings. The second-order valence-corrected chi connectivity index (χ2v) is 6.11. The van der Waals surface area contributed by atoms with Crippen molar-refractivity contribution in [3.05, 3.63) is 29.8 Å². The molecule has 1 aliphatic heterocycles. The van der Waals surface area contributed by atoms with Crippen molar-refractivity contribution in [3.8, 4) is 0 Å². The van der Waals surface area contributed by atoms with Gasteiger partial charge in [-0.2, -0.15) is 0 Å². The van der Waals surface area contributed by atoms with E-state index in [0.717, 1.165) is 38.9 Å². The molecule has 1 unspecified atom stereocenters. The smallest absolute Gasteiger partial charge is 0.0610 e.